The zero-order valence-electron chi connectivity index (χ0n) is 11.6. The van der Waals surface area contributed by atoms with Crippen molar-refractivity contribution in [3.05, 3.63) is 71.3 Å². The van der Waals surface area contributed by atoms with Crippen molar-refractivity contribution < 1.29 is 9.53 Å². The molecule has 2 atom stereocenters. The number of carbonyl (C=O) groups excluding carboxylic acids is 1. The van der Waals surface area contributed by atoms with Gasteiger partial charge in [0.25, 0.3) is 0 Å². The summed E-state index contributed by atoms with van der Waals surface area (Å²) in [5.74, 6) is 0.0302. The highest BCUT2D eigenvalue weighted by molar-refractivity contribution is 5.66. The Morgan fingerprint density at radius 3 is 2.50 bits per heavy atom. The van der Waals surface area contributed by atoms with Crippen LogP contribution in [0.1, 0.15) is 42.1 Å². The van der Waals surface area contributed by atoms with Gasteiger partial charge in [-0.15, -0.1) is 0 Å². The van der Waals surface area contributed by atoms with Crippen molar-refractivity contribution in [2.24, 2.45) is 0 Å². The first kappa shape index (κ1) is 12.9. The molecule has 0 saturated carbocycles. The fraction of sp³-hybridized carbons (Fsp3) is 0.278. The van der Waals surface area contributed by atoms with E-state index in [0.29, 0.717) is 0 Å². The smallest absolute Gasteiger partial charge is 0.303 e. The van der Waals surface area contributed by atoms with Crippen molar-refractivity contribution >= 4 is 5.97 Å². The summed E-state index contributed by atoms with van der Waals surface area (Å²) in [7, 11) is 0. The van der Waals surface area contributed by atoms with Crippen LogP contribution in [0.3, 0.4) is 0 Å². The summed E-state index contributed by atoms with van der Waals surface area (Å²) < 4.78 is 5.65. The van der Waals surface area contributed by atoms with Crippen LogP contribution in [-0.4, -0.2) is 5.97 Å². The molecule has 0 spiro atoms. The molecule has 0 N–H and O–H groups in total. The lowest BCUT2D eigenvalue weighted by Gasteiger charge is -2.33. The van der Waals surface area contributed by atoms with Crippen molar-refractivity contribution in [2.45, 2.75) is 31.8 Å². The van der Waals surface area contributed by atoms with E-state index in [4.69, 9.17) is 4.74 Å². The molecule has 102 valence electrons. The molecular formula is C18H18O2. The fourth-order valence-corrected chi connectivity index (χ4v) is 3.08. The highest BCUT2D eigenvalue weighted by atomic mass is 16.5. The van der Waals surface area contributed by atoms with E-state index in [1.165, 1.54) is 18.1 Å². The number of hydrogen-bond donors (Lipinski definition) is 0. The number of carbonyl (C=O) groups is 1. The number of esters is 1. The summed E-state index contributed by atoms with van der Waals surface area (Å²) >= 11 is 0. The van der Waals surface area contributed by atoms with Crippen LogP contribution in [0.25, 0.3) is 0 Å². The molecule has 0 radical (unpaired) electrons. The second-order valence-corrected chi connectivity index (χ2v) is 5.28. The highest BCUT2D eigenvalue weighted by Crippen LogP contribution is 2.43. The summed E-state index contributed by atoms with van der Waals surface area (Å²) in [6, 6.07) is 18.6. The van der Waals surface area contributed by atoms with Gasteiger partial charge in [0.05, 0.1) is 0 Å². The minimum atomic E-state index is -0.215. The van der Waals surface area contributed by atoms with Gasteiger partial charge in [0.15, 0.2) is 0 Å². The lowest BCUT2D eigenvalue weighted by atomic mass is 9.78. The monoisotopic (exact) mass is 266 g/mol. The summed E-state index contributed by atoms with van der Waals surface area (Å²) in [5.41, 5.74) is 3.70. The molecule has 0 heterocycles. The van der Waals surface area contributed by atoms with Crippen molar-refractivity contribution in [3.8, 4) is 0 Å². The Labute approximate surface area is 119 Å². The van der Waals surface area contributed by atoms with E-state index in [1.807, 2.05) is 30.3 Å². The normalized spacial score (nSPS) is 21.1. The van der Waals surface area contributed by atoms with E-state index in [2.05, 4.69) is 24.3 Å². The molecule has 0 bridgehead atoms. The van der Waals surface area contributed by atoms with Crippen molar-refractivity contribution in [1.82, 2.24) is 0 Å². The summed E-state index contributed by atoms with van der Waals surface area (Å²) in [4.78, 5) is 11.5. The molecule has 2 heteroatoms. The second-order valence-electron chi connectivity index (χ2n) is 5.28. The minimum Gasteiger partial charge on any atom is -0.457 e. The van der Waals surface area contributed by atoms with Gasteiger partial charge in [-0.2, -0.15) is 0 Å². The molecule has 1 aliphatic rings. The maximum atomic E-state index is 11.5. The van der Waals surface area contributed by atoms with Crippen LogP contribution in [0.5, 0.6) is 0 Å². The average Bonchev–Trinajstić information content (AvgIpc) is 2.48. The van der Waals surface area contributed by atoms with Gasteiger partial charge in [-0.25, -0.2) is 0 Å². The first-order chi connectivity index (χ1) is 9.75. The third kappa shape index (κ3) is 2.46. The molecule has 0 aromatic heterocycles. The number of hydrogen-bond acceptors (Lipinski definition) is 2. The number of rotatable bonds is 2. The molecule has 20 heavy (non-hydrogen) atoms. The van der Waals surface area contributed by atoms with Crippen LogP contribution >= 0.6 is 0 Å². The molecule has 0 amide bonds. The lowest BCUT2D eigenvalue weighted by molar-refractivity contribution is -0.148. The van der Waals surface area contributed by atoms with Gasteiger partial charge in [-0.1, -0.05) is 54.6 Å². The Bertz CT molecular complexity index is 604. The largest absolute Gasteiger partial charge is 0.457 e. The molecule has 0 saturated heterocycles. The van der Waals surface area contributed by atoms with Gasteiger partial charge in [-0.3, -0.25) is 4.79 Å². The van der Waals surface area contributed by atoms with Crippen molar-refractivity contribution in [2.75, 3.05) is 0 Å². The first-order valence-electron chi connectivity index (χ1n) is 7.05. The molecule has 1 aliphatic carbocycles. The van der Waals surface area contributed by atoms with Crippen LogP contribution in [0.2, 0.25) is 0 Å². The topological polar surface area (TPSA) is 26.3 Å². The van der Waals surface area contributed by atoms with E-state index >= 15 is 0 Å². The Balaban J connectivity index is 2.01. The van der Waals surface area contributed by atoms with Gasteiger partial charge >= 0.3 is 5.97 Å². The van der Waals surface area contributed by atoms with E-state index in [-0.39, 0.29) is 18.0 Å². The fourth-order valence-electron chi connectivity index (χ4n) is 3.08. The van der Waals surface area contributed by atoms with Gasteiger partial charge in [0.1, 0.15) is 6.10 Å². The van der Waals surface area contributed by atoms with Crippen molar-refractivity contribution in [3.63, 3.8) is 0 Å². The molecular weight excluding hydrogens is 248 g/mol. The van der Waals surface area contributed by atoms with Gasteiger partial charge in [0, 0.05) is 12.8 Å². The van der Waals surface area contributed by atoms with Gasteiger partial charge in [0.2, 0.25) is 0 Å². The van der Waals surface area contributed by atoms with E-state index < -0.39 is 0 Å². The highest BCUT2D eigenvalue weighted by Gasteiger charge is 2.32. The Hall–Kier alpha value is -2.09. The van der Waals surface area contributed by atoms with Crippen LogP contribution in [0.15, 0.2) is 54.6 Å². The number of benzene rings is 2. The standard InChI is InChI=1S/C18H18O2/c1-13(19)20-18-16-10-6-5-9-15(16)11-12-17(18)14-7-3-2-4-8-14/h2-10,17-18H,11-12H2,1H3/t17-,18-/m1/s1. The first-order valence-corrected chi connectivity index (χ1v) is 7.05. The molecule has 3 rings (SSSR count). The van der Waals surface area contributed by atoms with Crippen LogP contribution in [-0.2, 0) is 16.0 Å². The predicted octanol–water partition coefficient (Wildman–Crippen LogP) is 4.02. The van der Waals surface area contributed by atoms with Crippen LogP contribution < -0.4 is 0 Å². The second kappa shape index (κ2) is 5.49. The Morgan fingerprint density at radius 2 is 1.75 bits per heavy atom. The SMILES string of the molecule is CC(=O)O[C@@H]1c2ccccc2CC[C@@H]1c1ccccc1. The van der Waals surface area contributed by atoms with E-state index in [1.54, 1.807) is 0 Å². The third-order valence-electron chi connectivity index (χ3n) is 3.97. The molecule has 2 aromatic rings. The maximum Gasteiger partial charge on any atom is 0.303 e. The molecule has 2 aromatic carbocycles. The molecule has 2 nitrogen and oxygen atoms in total. The predicted molar refractivity (Wildman–Crippen MR) is 78.5 cm³/mol. The van der Waals surface area contributed by atoms with Gasteiger partial charge in [-0.05, 0) is 29.5 Å². The maximum absolute atomic E-state index is 11.5. The zero-order valence-corrected chi connectivity index (χ0v) is 11.6. The Kier molecular flexibility index (Phi) is 3.55. The van der Waals surface area contributed by atoms with Crippen molar-refractivity contribution in [1.29, 1.82) is 0 Å². The molecule has 0 aliphatic heterocycles. The van der Waals surface area contributed by atoms with E-state index in [9.17, 15) is 4.79 Å². The third-order valence-corrected chi connectivity index (χ3v) is 3.97. The summed E-state index contributed by atoms with van der Waals surface area (Å²) in [5, 5.41) is 0. The minimum absolute atomic E-state index is 0.167. The molecule has 0 fully saturated rings. The lowest BCUT2D eigenvalue weighted by Crippen LogP contribution is -2.23. The van der Waals surface area contributed by atoms with Gasteiger partial charge < -0.3 is 4.74 Å². The van der Waals surface area contributed by atoms with Crippen LogP contribution in [0.4, 0.5) is 0 Å². The van der Waals surface area contributed by atoms with Crippen LogP contribution in [0, 0.1) is 0 Å². The zero-order chi connectivity index (χ0) is 13.9. The van der Waals surface area contributed by atoms with E-state index in [0.717, 1.165) is 18.4 Å². The quantitative estimate of drug-likeness (QED) is 0.767. The summed E-state index contributed by atoms with van der Waals surface area (Å²) in [6.07, 6.45) is 1.88. The summed E-state index contributed by atoms with van der Waals surface area (Å²) in [6.45, 7) is 1.49. The molecule has 0 unspecified atom stereocenters. The number of fused-ring (bicyclic) bond motifs is 1. The number of ether oxygens (including phenoxy) is 1. The average molecular weight is 266 g/mol. The Morgan fingerprint density at radius 1 is 1.05 bits per heavy atom. The number of aryl methyl sites for hydroxylation is 1.